The van der Waals surface area contributed by atoms with Crippen LogP contribution in [0.15, 0.2) is 23.1 Å². The van der Waals surface area contributed by atoms with Crippen molar-refractivity contribution in [2.75, 3.05) is 0 Å². The van der Waals surface area contributed by atoms with Crippen molar-refractivity contribution in [1.82, 2.24) is 9.55 Å². The van der Waals surface area contributed by atoms with E-state index in [-0.39, 0.29) is 11.3 Å². The molecule has 0 bridgehead atoms. The van der Waals surface area contributed by atoms with Gasteiger partial charge in [-0.1, -0.05) is 11.3 Å². The molecule has 2 aromatic rings. The molecule has 0 aromatic carbocycles. The molecule has 0 aliphatic rings. The Balaban J connectivity index is 2.34. The van der Waals surface area contributed by atoms with Gasteiger partial charge in [-0.05, 0) is 25.5 Å². The molecule has 0 unspecified atom stereocenters. The minimum atomic E-state index is -0.897. The maximum Gasteiger partial charge on any atom is 0.307 e. The summed E-state index contributed by atoms with van der Waals surface area (Å²) in [5.41, 5.74) is 1.14. The van der Waals surface area contributed by atoms with E-state index in [1.54, 1.807) is 6.92 Å². The minimum absolute atomic E-state index is 0.00236. The number of carbonyl (C=O) groups is 1. The summed E-state index contributed by atoms with van der Waals surface area (Å²) in [5.74, 6) is -1.34. The van der Waals surface area contributed by atoms with Crippen LogP contribution >= 0.6 is 11.3 Å². The van der Waals surface area contributed by atoms with Crippen molar-refractivity contribution in [1.29, 1.82) is 0 Å². The van der Waals surface area contributed by atoms with Gasteiger partial charge in [-0.15, -0.1) is 0 Å². The lowest BCUT2D eigenvalue weighted by atomic mass is 10.2. The van der Waals surface area contributed by atoms with Crippen LogP contribution < -0.4 is 4.87 Å². The minimum Gasteiger partial charge on any atom is -0.481 e. The van der Waals surface area contributed by atoms with Crippen LogP contribution in [0.2, 0.25) is 0 Å². The van der Waals surface area contributed by atoms with Crippen molar-refractivity contribution in [3.63, 3.8) is 0 Å². The number of aromatic nitrogens is 2. The Kier molecular flexibility index (Phi) is 4.29. The number of nitrogens with zero attached hydrogens (tertiary/aromatic N) is 2. The SMILES string of the molecule is Cc1sc(=O)n(CCCC(=O)O)c1-c1ccc(F)cn1. The van der Waals surface area contributed by atoms with E-state index in [9.17, 15) is 14.0 Å². The number of pyridine rings is 1. The summed E-state index contributed by atoms with van der Waals surface area (Å²) in [6.45, 7) is 2.10. The highest BCUT2D eigenvalue weighted by atomic mass is 32.1. The molecular weight excluding hydrogens is 283 g/mol. The molecule has 1 N–H and O–H groups in total. The first kappa shape index (κ1) is 14.4. The summed E-state index contributed by atoms with van der Waals surface area (Å²) in [7, 11) is 0. The summed E-state index contributed by atoms with van der Waals surface area (Å²) in [4.78, 5) is 27.0. The summed E-state index contributed by atoms with van der Waals surface area (Å²) >= 11 is 1.08. The molecule has 0 aliphatic carbocycles. The highest BCUT2D eigenvalue weighted by Gasteiger charge is 2.15. The summed E-state index contributed by atoms with van der Waals surface area (Å²) < 4.78 is 14.4. The fourth-order valence-electron chi connectivity index (χ4n) is 1.94. The van der Waals surface area contributed by atoms with E-state index in [0.29, 0.717) is 24.4 Å². The highest BCUT2D eigenvalue weighted by Crippen LogP contribution is 2.23. The predicted octanol–water partition coefficient (Wildman–Crippen LogP) is 2.28. The number of thiazole rings is 1. The molecule has 0 saturated heterocycles. The van der Waals surface area contributed by atoms with E-state index in [0.717, 1.165) is 22.4 Å². The van der Waals surface area contributed by atoms with Crippen LogP contribution in [-0.2, 0) is 11.3 Å². The Labute approximate surface area is 118 Å². The zero-order valence-corrected chi connectivity index (χ0v) is 11.6. The van der Waals surface area contributed by atoms with Crippen molar-refractivity contribution >= 4 is 17.3 Å². The van der Waals surface area contributed by atoms with Crippen LogP contribution in [0.4, 0.5) is 4.39 Å². The second-order valence-electron chi connectivity index (χ2n) is 4.28. The first-order valence-corrected chi connectivity index (χ1v) is 6.84. The third-order valence-electron chi connectivity index (χ3n) is 2.81. The van der Waals surface area contributed by atoms with Crippen LogP contribution in [0.3, 0.4) is 0 Å². The van der Waals surface area contributed by atoms with E-state index < -0.39 is 11.8 Å². The number of carboxylic acids is 1. The average molecular weight is 296 g/mol. The van der Waals surface area contributed by atoms with Crippen LogP contribution in [0.1, 0.15) is 17.7 Å². The van der Waals surface area contributed by atoms with Crippen LogP contribution in [0, 0.1) is 12.7 Å². The second kappa shape index (κ2) is 5.96. The second-order valence-corrected chi connectivity index (χ2v) is 5.45. The lowest BCUT2D eigenvalue weighted by molar-refractivity contribution is -0.137. The van der Waals surface area contributed by atoms with Crippen molar-refractivity contribution in [2.24, 2.45) is 0 Å². The number of halogens is 1. The number of aryl methyl sites for hydroxylation is 1. The Hall–Kier alpha value is -2.02. The Morgan fingerprint density at radius 1 is 1.50 bits per heavy atom. The molecule has 5 nitrogen and oxygen atoms in total. The van der Waals surface area contributed by atoms with E-state index in [2.05, 4.69) is 4.98 Å². The molecule has 2 heterocycles. The van der Waals surface area contributed by atoms with Crippen molar-refractivity contribution in [3.05, 3.63) is 38.7 Å². The molecule has 0 fully saturated rings. The Morgan fingerprint density at radius 3 is 2.85 bits per heavy atom. The van der Waals surface area contributed by atoms with Gasteiger partial charge in [0.25, 0.3) is 0 Å². The standard InChI is InChI=1S/C13H13FN2O3S/c1-8-12(10-5-4-9(14)7-15-10)16(13(19)20-8)6-2-3-11(17)18/h4-5,7H,2-3,6H2,1H3,(H,17,18). The monoisotopic (exact) mass is 296 g/mol. The van der Waals surface area contributed by atoms with Gasteiger partial charge in [-0.2, -0.15) is 0 Å². The van der Waals surface area contributed by atoms with Gasteiger partial charge < -0.3 is 5.11 Å². The lowest BCUT2D eigenvalue weighted by Gasteiger charge is -2.07. The zero-order chi connectivity index (χ0) is 14.7. The van der Waals surface area contributed by atoms with Gasteiger partial charge in [0.05, 0.1) is 17.6 Å². The number of carboxylic acid groups (broad SMARTS) is 1. The molecule has 106 valence electrons. The first-order valence-electron chi connectivity index (χ1n) is 6.03. The quantitative estimate of drug-likeness (QED) is 0.918. The third kappa shape index (κ3) is 3.11. The molecule has 2 rings (SSSR count). The molecule has 0 amide bonds. The first-order chi connectivity index (χ1) is 9.49. The van der Waals surface area contributed by atoms with Gasteiger partial charge in [0.1, 0.15) is 5.82 Å². The molecular formula is C13H13FN2O3S. The molecule has 2 aromatic heterocycles. The van der Waals surface area contributed by atoms with Crippen molar-refractivity contribution in [3.8, 4) is 11.4 Å². The van der Waals surface area contributed by atoms with Gasteiger partial charge in [-0.3, -0.25) is 19.1 Å². The van der Waals surface area contributed by atoms with Gasteiger partial charge in [-0.25, -0.2) is 4.39 Å². The molecule has 0 spiro atoms. The van der Waals surface area contributed by atoms with E-state index in [1.807, 2.05) is 0 Å². The van der Waals surface area contributed by atoms with Crippen molar-refractivity contribution < 1.29 is 14.3 Å². The van der Waals surface area contributed by atoms with Crippen LogP contribution in [0.25, 0.3) is 11.4 Å². The largest absolute Gasteiger partial charge is 0.481 e. The fraction of sp³-hybridized carbons (Fsp3) is 0.308. The third-order valence-corrected chi connectivity index (χ3v) is 3.70. The molecule has 0 saturated carbocycles. The Morgan fingerprint density at radius 2 is 2.25 bits per heavy atom. The maximum absolute atomic E-state index is 12.9. The molecule has 0 atom stereocenters. The average Bonchev–Trinajstić information content (AvgIpc) is 2.65. The molecule has 0 aliphatic heterocycles. The highest BCUT2D eigenvalue weighted by molar-refractivity contribution is 7.09. The number of aliphatic carboxylic acids is 1. The normalized spacial score (nSPS) is 10.7. The van der Waals surface area contributed by atoms with Gasteiger partial charge >= 0.3 is 10.8 Å². The summed E-state index contributed by atoms with van der Waals surface area (Å²) in [6, 6.07) is 2.79. The fourth-order valence-corrected chi connectivity index (χ4v) is 2.81. The zero-order valence-electron chi connectivity index (χ0n) is 10.8. The Bertz CT molecular complexity index is 676. The molecule has 0 radical (unpaired) electrons. The number of rotatable bonds is 5. The molecule has 20 heavy (non-hydrogen) atoms. The number of hydrogen-bond acceptors (Lipinski definition) is 4. The van der Waals surface area contributed by atoms with Gasteiger partial charge in [0, 0.05) is 17.8 Å². The smallest absolute Gasteiger partial charge is 0.307 e. The van der Waals surface area contributed by atoms with Crippen LogP contribution in [0.5, 0.6) is 0 Å². The van der Waals surface area contributed by atoms with Gasteiger partial charge in [0.2, 0.25) is 0 Å². The van der Waals surface area contributed by atoms with E-state index in [1.165, 1.54) is 16.7 Å². The summed E-state index contributed by atoms with van der Waals surface area (Å²) in [5, 5.41) is 8.64. The van der Waals surface area contributed by atoms with Gasteiger partial charge in [0.15, 0.2) is 0 Å². The topological polar surface area (TPSA) is 72.2 Å². The predicted molar refractivity (Wildman–Crippen MR) is 73.4 cm³/mol. The van der Waals surface area contributed by atoms with E-state index >= 15 is 0 Å². The molecule has 7 heteroatoms. The summed E-state index contributed by atoms with van der Waals surface area (Å²) in [6.07, 6.45) is 1.45. The van der Waals surface area contributed by atoms with Crippen LogP contribution in [-0.4, -0.2) is 20.6 Å². The lowest BCUT2D eigenvalue weighted by Crippen LogP contribution is -2.15. The van der Waals surface area contributed by atoms with E-state index in [4.69, 9.17) is 5.11 Å². The maximum atomic E-state index is 12.9. The number of hydrogen-bond donors (Lipinski definition) is 1. The van der Waals surface area contributed by atoms with Crippen molar-refractivity contribution in [2.45, 2.75) is 26.3 Å².